The molecule has 90 heavy (non-hydrogen) atoms. The van der Waals surface area contributed by atoms with Crippen molar-refractivity contribution in [2.24, 2.45) is 0 Å². The first-order valence-corrected chi connectivity index (χ1v) is 29.7. The van der Waals surface area contributed by atoms with E-state index in [-0.39, 0.29) is 16.7 Å². The summed E-state index contributed by atoms with van der Waals surface area (Å²) in [6.45, 7) is 0. The maximum atomic E-state index is 16.8. The molecule has 6 aromatic heterocycles. The molecule has 0 radical (unpaired) electrons. The molecule has 0 fully saturated rings. The van der Waals surface area contributed by atoms with Gasteiger partial charge >= 0.3 is 0 Å². The lowest BCUT2D eigenvalue weighted by Crippen LogP contribution is -2.06. The standard InChI is InChI=1S/C81H49F2N7/c82-69-30-13-31-70(83)77(69)68-49-76(90-73-46-57(62-28-16-42-87-80(62)53-22-9-3-10-23-53)34-38-66(73)67-39-35-58(47-74(67)90)63-29-17-43-88-81(63)54-24-11-4-12-25-54)75(48-59(68)50-84)89-71-44-55(60-26-14-40-85-78(60)51-18-5-1-6-19-51)32-36-64(71)65-37-33-56(45-72(65)89)61-27-15-41-86-79(61)52-20-7-2-8-21-52/h1-49H. The van der Waals surface area contributed by atoms with Crippen molar-refractivity contribution < 1.29 is 8.78 Å². The predicted molar refractivity (Wildman–Crippen MR) is 360 cm³/mol. The molecule has 10 aromatic carbocycles. The van der Waals surface area contributed by atoms with E-state index in [2.05, 4.69) is 161 Å². The number of hydrogen-bond acceptors (Lipinski definition) is 5. The third-order valence-corrected chi connectivity index (χ3v) is 17.1. The number of pyridine rings is 4. The Morgan fingerprint density at radius 3 is 0.878 bits per heavy atom. The van der Waals surface area contributed by atoms with Gasteiger partial charge in [0.1, 0.15) is 11.6 Å². The second-order valence-electron chi connectivity index (χ2n) is 22.3. The molecule has 0 N–H and O–H groups in total. The lowest BCUT2D eigenvalue weighted by atomic mass is 9.96. The van der Waals surface area contributed by atoms with E-state index in [1.54, 1.807) is 6.07 Å². The highest BCUT2D eigenvalue weighted by molar-refractivity contribution is 6.14. The van der Waals surface area contributed by atoms with Crippen LogP contribution < -0.4 is 0 Å². The molecule has 6 heterocycles. The van der Waals surface area contributed by atoms with Crippen molar-refractivity contribution in [2.45, 2.75) is 0 Å². The van der Waals surface area contributed by atoms with Crippen molar-refractivity contribution in [3.05, 3.63) is 315 Å². The highest BCUT2D eigenvalue weighted by Crippen LogP contribution is 2.47. The van der Waals surface area contributed by atoms with E-state index in [1.807, 2.05) is 128 Å². The van der Waals surface area contributed by atoms with E-state index >= 15 is 8.78 Å². The summed E-state index contributed by atoms with van der Waals surface area (Å²) in [5.74, 6) is -1.59. The molecule has 0 amide bonds. The molecule has 0 saturated heterocycles. The topological polar surface area (TPSA) is 85.2 Å². The van der Waals surface area contributed by atoms with E-state index in [1.165, 1.54) is 18.2 Å². The average Bonchev–Trinajstić information content (AvgIpc) is 1.55. The first kappa shape index (κ1) is 53.2. The molecule has 16 aromatic rings. The van der Waals surface area contributed by atoms with E-state index in [0.717, 1.165) is 133 Å². The maximum Gasteiger partial charge on any atom is 0.134 e. The van der Waals surface area contributed by atoms with Gasteiger partial charge in [0, 0.05) is 96.4 Å². The zero-order chi connectivity index (χ0) is 60.2. The molecule has 0 bridgehead atoms. The highest BCUT2D eigenvalue weighted by atomic mass is 19.1. The summed E-state index contributed by atoms with van der Waals surface area (Å²) in [6, 6.07) is 92.6. The molecular formula is C81H49F2N7. The highest BCUT2D eigenvalue weighted by Gasteiger charge is 2.27. The van der Waals surface area contributed by atoms with Crippen LogP contribution in [0.15, 0.2) is 298 Å². The molecule has 0 spiro atoms. The van der Waals surface area contributed by atoms with Gasteiger partial charge in [-0.15, -0.1) is 0 Å². The van der Waals surface area contributed by atoms with Gasteiger partial charge in [-0.1, -0.05) is 200 Å². The molecule has 7 nitrogen and oxygen atoms in total. The predicted octanol–water partition coefficient (Wildman–Crippen LogP) is 20.6. The van der Waals surface area contributed by atoms with E-state index < -0.39 is 11.6 Å². The van der Waals surface area contributed by atoms with E-state index in [9.17, 15) is 5.26 Å². The monoisotopic (exact) mass is 1160 g/mol. The zero-order valence-corrected chi connectivity index (χ0v) is 48.2. The van der Waals surface area contributed by atoms with Crippen LogP contribution in [0, 0.1) is 23.0 Å². The summed E-state index contributed by atoms with van der Waals surface area (Å²) in [7, 11) is 0. The van der Waals surface area contributed by atoms with Crippen molar-refractivity contribution in [2.75, 3.05) is 0 Å². The second kappa shape index (κ2) is 22.2. The number of nitrogens with zero attached hydrogens (tertiary/aromatic N) is 7. The lowest BCUT2D eigenvalue weighted by Gasteiger charge is -2.21. The van der Waals surface area contributed by atoms with Gasteiger partial charge in [0.15, 0.2) is 0 Å². The smallest absolute Gasteiger partial charge is 0.134 e. The lowest BCUT2D eigenvalue weighted by molar-refractivity contribution is 0.589. The normalized spacial score (nSPS) is 11.4. The molecule has 9 heteroatoms. The Hall–Kier alpha value is -12.3. The van der Waals surface area contributed by atoms with Crippen LogP contribution in [-0.2, 0) is 0 Å². The molecule has 16 rings (SSSR count). The quantitative estimate of drug-likeness (QED) is 0.129. The molecule has 0 aliphatic carbocycles. The van der Waals surface area contributed by atoms with Gasteiger partial charge in [0.25, 0.3) is 0 Å². The van der Waals surface area contributed by atoms with Crippen LogP contribution in [0.3, 0.4) is 0 Å². The molecular weight excluding hydrogens is 1110 g/mol. The van der Waals surface area contributed by atoms with Crippen LogP contribution in [0.2, 0.25) is 0 Å². The van der Waals surface area contributed by atoms with Gasteiger partial charge in [-0.25, -0.2) is 8.78 Å². The van der Waals surface area contributed by atoms with Crippen molar-refractivity contribution in [1.82, 2.24) is 29.1 Å². The number of rotatable bonds is 11. The summed E-state index contributed by atoms with van der Waals surface area (Å²) in [6.07, 6.45) is 7.26. The molecule has 0 aliphatic heterocycles. The zero-order valence-electron chi connectivity index (χ0n) is 48.2. The van der Waals surface area contributed by atoms with Gasteiger partial charge in [0.05, 0.1) is 73.4 Å². The Bertz CT molecular complexity index is 5220. The van der Waals surface area contributed by atoms with Gasteiger partial charge in [-0.2, -0.15) is 5.26 Å². The molecule has 0 aliphatic rings. The van der Waals surface area contributed by atoms with Crippen molar-refractivity contribution >= 4 is 43.6 Å². The Morgan fingerprint density at radius 2 is 0.578 bits per heavy atom. The summed E-state index contributed by atoms with van der Waals surface area (Å²) in [4.78, 5) is 19.9. The Morgan fingerprint density at radius 1 is 0.278 bits per heavy atom. The summed E-state index contributed by atoms with van der Waals surface area (Å²) >= 11 is 0. The average molecular weight is 1160 g/mol. The number of benzene rings is 10. The molecule has 422 valence electrons. The third kappa shape index (κ3) is 9.09. The number of nitriles is 1. The minimum absolute atomic E-state index is 0.0742. The second-order valence-corrected chi connectivity index (χ2v) is 22.3. The summed E-state index contributed by atoms with van der Waals surface area (Å²) < 4.78 is 38.0. The number of hydrogen-bond donors (Lipinski definition) is 0. The van der Waals surface area contributed by atoms with Crippen LogP contribution >= 0.6 is 0 Å². The Kier molecular flexibility index (Phi) is 13.2. The van der Waals surface area contributed by atoms with Gasteiger partial charge in [0.2, 0.25) is 0 Å². The first-order chi connectivity index (χ1) is 44.5. The fourth-order valence-corrected chi connectivity index (χ4v) is 13.1. The van der Waals surface area contributed by atoms with Crippen LogP contribution in [0.25, 0.3) is 156 Å². The van der Waals surface area contributed by atoms with Crippen LogP contribution in [0.4, 0.5) is 8.78 Å². The van der Waals surface area contributed by atoms with Crippen molar-refractivity contribution in [3.8, 4) is 118 Å². The van der Waals surface area contributed by atoms with Gasteiger partial charge in [-0.05, 0) is 95.1 Å². The molecule has 0 atom stereocenters. The van der Waals surface area contributed by atoms with Crippen LogP contribution in [0.1, 0.15) is 5.56 Å². The fourth-order valence-electron chi connectivity index (χ4n) is 13.1. The fraction of sp³-hybridized carbons (Fsp3) is 0. The van der Waals surface area contributed by atoms with Crippen LogP contribution in [-0.4, -0.2) is 29.1 Å². The minimum atomic E-state index is -0.797. The SMILES string of the molecule is N#Cc1cc(-n2c3cc(-c4cccnc4-c4ccccc4)ccc3c3ccc(-c4cccnc4-c4ccccc4)cc32)c(-n2c3cc(-c4cccnc4-c4ccccc4)ccc3c3ccc(-c4cccnc4-c4ccccc4)cc32)cc1-c1c(F)cccc1F. The van der Waals surface area contributed by atoms with E-state index in [0.29, 0.717) is 11.4 Å². The largest absolute Gasteiger partial charge is 0.307 e. The number of aromatic nitrogens is 6. The third-order valence-electron chi connectivity index (χ3n) is 17.1. The number of halogens is 2. The first-order valence-electron chi connectivity index (χ1n) is 29.7. The summed E-state index contributed by atoms with van der Waals surface area (Å²) in [5.41, 5.74) is 18.7. The van der Waals surface area contributed by atoms with Gasteiger partial charge < -0.3 is 9.13 Å². The van der Waals surface area contributed by atoms with Crippen LogP contribution in [0.5, 0.6) is 0 Å². The molecule has 0 unspecified atom stereocenters. The number of fused-ring (bicyclic) bond motifs is 6. The van der Waals surface area contributed by atoms with E-state index in [4.69, 9.17) is 19.9 Å². The maximum absolute atomic E-state index is 16.8. The minimum Gasteiger partial charge on any atom is -0.307 e. The summed E-state index contributed by atoms with van der Waals surface area (Å²) in [5, 5.41) is 15.3. The Labute approximate surface area is 517 Å². The van der Waals surface area contributed by atoms with Crippen molar-refractivity contribution in [1.29, 1.82) is 5.26 Å². The Balaban J connectivity index is 1.06. The molecule has 0 saturated carbocycles. The van der Waals surface area contributed by atoms with Crippen molar-refractivity contribution in [3.63, 3.8) is 0 Å². The van der Waals surface area contributed by atoms with Gasteiger partial charge in [-0.3, -0.25) is 19.9 Å².